The Morgan fingerprint density at radius 2 is 1.80 bits per heavy atom. The Hall–Kier alpha value is -2.88. The van der Waals surface area contributed by atoms with Gasteiger partial charge in [0.2, 0.25) is 5.91 Å². The normalized spacial score (nSPS) is 11.0. The van der Waals surface area contributed by atoms with Crippen molar-refractivity contribution in [2.75, 3.05) is 5.32 Å². The van der Waals surface area contributed by atoms with E-state index < -0.39 is 0 Å². The standard InChI is InChI=1S/C21H22N2O2/c1-14(2)17-8-4-6-10-19(17)22-20(24)12-11-16-13-15-7-3-5-9-18(15)23-21(16)25/h3-10,13-14H,11-12H2,1-2H3,(H,22,24)(H,23,25). The van der Waals surface area contributed by atoms with Crippen LogP contribution in [0.15, 0.2) is 59.4 Å². The Morgan fingerprint density at radius 1 is 1.08 bits per heavy atom. The molecule has 4 nitrogen and oxygen atoms in total. The molecule has 0 aliphatic rings. The van der Waals surface area contributed by atoms with E-state index in [0.29, 0.717) is 17.9 Å². The van der Waals surface area contributed by atoms with Gasteiger partial charge < -0.3 is 10.3 Å². The number of H-pyrrole nitrogens is 1. The second-order valence-electron chi connectivity index (χ2n) is 6.50. The minimum Gasteiger partial charge on any atom is -0.326 e. The fraction of sp³-hybridized carbons (Fsp3) is 0.238. The molecule has 25 heavy (non-hydrogen) atoms. The number of hydrogen-bond acceptors (Lipinski definition) is 2. The predicted molar refractivity (Wildman–Crippen MR) is 102 cm³/mol. The van der Waals surface area contributed by atoms with Crippen LogP contribution >= 0.6 is 0 Å². The number of anilines is 1. The van der Waals surface area contributed by atoms with Crippen LogP contribution in [0.1, 0.15) is 37.3 Å². The van der Waals surface area contributed by atoms with Crippen molar-refractivity contribution in [2.45, 2.75) is 32.6 Å². The van der Waals surface area contributed by atoms with Gasteiger partial charge >= 0.3 is 0 Å². The highest BCUT2D eigenvalue weighted by Crippen LogP contribution is 2.23. The summed E-state index contributed by atoms with van der Waals surface area (Å²) >= 11 is 0. The molecule has 3 aromatic rings. The molecular formula is C21H22N2O2. The van der Waals surface area contributed by atoms with Gasteiger partial charge in [0.1, 0.15) is 0 Å². The summed E-state index contributed by atoms with van der Waals surface area (Å²) in [6.45, 7) is 4.19. The highest BCUT2D eigenvalue weighted by atomic mass is 16.1. The number of nitrogens with one attached hydrogen (secondary N) is 2. The average Bonchev–Trinajstić information content (AvgIpc) is 2.60. The zero-order chi connectivity index (χ0) is 17.8. The Kier molecular flexibility index (Phi) is 4.98. The van der Waals surface area contributed by atoms with E-state index >= 15 is 0 Å². The summed E-state index contributed by atoms with van der Waals surface area (Å²) < 4.78 is 0. The van der Waals surface area contributed by atoms with Gasteiger partial charge in [0.15, 0.2) is 0 Å². The van der Waals surface area contributed by atoms with Gasteiger partial charge in [-0.25, -0.2) is 0 Å². The molecule has 0 spiro atoms. The number of carbonyl (C=O) groups is 1. The molecule has 1 heterocycles. The molecule has 0 unspecified atom stereocenters. The number of para-hydroxylation sites is 2. The van der Waals surface area contributed by atoms with Gasteiger partial charge in [-0.15, -0.1) is 0 Å². The minimum absolute atomic E-state index is 0.0827. The maximum Gasteiger partial charge on any atom is 0.251 e. The topological polar surface area (TPSA) is 62.0 Å². The smallest absolute Gasteiger partial charge is 0.251 e. The molecule has 0 radical (unpaired) electrons. The van der Waals surface area contributed by atoms with Gasteiger partial charge in [-0.3, -0.25) is 9.59 Å². The fourth-order valence-electron chi connectivity index (χ4n) is 2.95. The van der Waals surface area contributed by atoms with E-state index in [1.807, 2.05) is 54.6 Å². The first-order valence-corrected chi connectivity index (χ1v) is 8.54. The third kappa shape index (κ3) is 3.97. The van der Waals surface area contributed by atoms with Gasteiger partial charge in [0.25, 0.3) is 5.56 Å². The molecule has 2 N–H and O–H groups in total. The minimum atomic E-state index is -0.130. The number of carbonyl (C=O) groups excluding carboxylic acids is 1. The van der Waals surface area contributed by atoms with Crippen LogP contribution < -0.4 is 10.9 Å². The number of hydrogen-bond donors (Lipinski definition) is 2. The molecule has 0 fully saturated rings. The van der Waals surface area contributed by atoms with Crippen LogP contribution in [0.2, 0.25) is 0 Å². The zero-order valence-corrected chi connectivity index (χ0v) is 14.5. The summed E-state index contributed by atoms with van der Waals surface area (Å²) in [7, 11) is 0. The predicted octanol–water partition coefficient (Wildman–Crippen LogP) is 4.22. The number of fused-ring (bicyclic) bond motifs is 1. The fourth-order valence-corrected chi connectivity index (χ4v) is 2.95. The van der Waals surface area contributed by atoms with Crippen LogP contribution in [0.3, 0.4) is 0 Å². The van der Waals surface area contributed by atoms with Crippen molar-refractivity contribution in [3.05, 3.63) is 76.1 Å². The SMILES string of the molecule is CC(C)c1ccccc1NC(=O)CCc1cc2ccccc2[nH]c1=O. The highest BCUT2D eigenvalue weighted by Gasteiger charge is 2.10. The molecule has 4 heteroatoms. The number of amides is 1. The van der Waals surface area contributed by atoms with Crippen molar-refractivity contribution < 1.29 is 4.79 Å². The number of pyridine rings is 1. The van der Waals surface area contributed by atoms with Gasteiger partial charge in [-0.05, 0) is 41.5 Å². The van der Waals surface area contributed by atoms with Crippen molar-refractivity contribution in [2.24, 2.45) is 0 Å². The van der Waals surface area contributed by atoms with E-state index in [4.69, 9.17) is 0 Å². The largest absolute Gasteiger partial charge is 0.326 e. The van der Waals surface area contributed by atoms with Crippen LogP contribution in [-0.4, -0.2) is 10.9 Å². The van der Waals surface area contributed by atoms with E-state index in [-0.39, 0.29) is 17.9 Å². The summed E-state index contributed by atoms with van der Waals surface area (Å²) in [4.78, 5) is 27.3. The van der Waals surface area contributed by atoms with Crippen LogP contribution in [-0.2, 0) is 11.2 Å². The maximum absolute atomic E-state index is 12.3. The van der Waals surface area contributed by atoms with E-state index in [9.17, 15) is 9.59 Å². The van der Waals surface area contributed by atoms with Crippen molar-refractivity contribution >= 4 is 22.5 Å². The Morgan fingerprint density at radius 3 is 2.60 bits per heavy atom. The zero-order valence-electron chi connectivity index (χ0n) is 14.5. The molecule has 3 rings (SSSR count). The molecule has 128 valence electrons. The van der Waals surface area contributed by atoms with Crippen LogP contribution in [0.4, 0.5) is 5.69 Å². The number of aryl methyl sites for hydroxylation is 1. The van der Waals surface area contributed by atoms with E-state index in [1.54, 1.807) is 0 Å². The molecule has 1 amide bonds. The molecule has 0 bridgehead atoms. The van der Waals surface area contributed by atoms with E-state index in [1.165, 1.54) is 0 Å². The molecule has 1 aromatic heterocycles. The lowest BCUT2D eigenvalue weighted by Crippen LogP contribution is -2.17. The van der Waals surface area contributed by atoms with E-state index in [0.717, 1.165) is 22.2 Å². The quantitative estimate of drug-likeness (QED) is 0.734. The third-order valence-electron chi connectivity index (χ3n) is 4.31. The van der Waals surface area contributed by atoms with Crippen molar-refractivity contribution in [1.29, 1.82) is 0 Å². The first kappa shape index (κ1) is 17.0. The van der Waals surface area contributed by atoms with Gasteiger partial charge in [0.05, 0.1) is 0 Å². The molecule has 0 saturated heterocycles. The third-order valence-corrected chi connectivity index (χ3v) is 4.31. The highest BCUT2D eigenvalue weighted by molar-refractivity contribution is 5.91. The monoisotopic (exact) mass is 334 g/mol. The van der Waals surface area contributed by atoms with E-state index in [2.05, 4.69) is 24.1 Å². The number of aromatic nitrogens is 1. The summed E-state index contributed by atoms with van der Waals surface area (Å²) in [5.74, 6) is 0.250. The van der Waals surface area contributed by atoms with Crippen LogP contribution in [0, 0.1) is 0 Å². The first-order chi connectivity index (χ1) is 12.0. The Bertz CT molecular complexity index is 957. The lowest BCUT2D eigenvalue weighted by molar-refractivity contribution is -0.116. The van der Waals surface area contributed by atoms with Crippen molar-refractivity contribution in [3.8, 4) is 0 Å². The lowest BCUT2D eigenvalue weighted by Gasteiger charge is -2.13. The molecular weight excluding hydrogens is 312 g/mol. The number of rotatable bonds is 5. The molecule has 2 aromatic carbocycles. The average molecular weight is 334 g/mol. The second kappa shape index (κ2) is 7.34. The first-order valence-electron chi connectivity index (χ1n) is 8.54. The Labute approximate surface area is 146 Å². The molecule has 0 atom stereocenters. The summed E-state index contributed by atoms with van der Waals surface area (Å²) in [6.07, 6.45) is 0.684. The second-order valence-corrected chi connectivity index (χ2v) is 6.50. The molecule has 0 aliphatic heterocycles. The van der Waals surface area contributed by atoms with Crippen molar-refractivity contribution in [1.82, 2.24) is 4.98 Å². The summed E-state index contributed by atoms with van der Waals surface area (Å²) in [5.41, 5.74) is 3.26. The maximum atomic E-state index is 12.3. The molecule has 0 saturated carbocycles. The molecule has 0 aliphatic carbocycles. The van der Waals surface area contributed by atoms with Crippen molar-refractivity contribution in [3.63, 3.8) is 0 Å². The van der Waals surface area contributed by atoms with Crippen LogP contribution in [0.5, 0.6) is 0 Å². The summed E-state index contributed by atoms with van der Waals surface area (Å²) in [5, 5.41) is 3.94. The van der Waals surface area contributed by atoms with Gasteiger partial charge in [-0.1, -0.05) is 50.2 Å². The van der Waals surface area contributed by atoms with Gasteiger partial charge in [0, 0.05) is 23.2 Å². The van der Waals surface area contributed by atoms with Crippen LogP contribution in [0.25, 0.3) is 10.9 Å². The Balaban J connectivity index is 1.71. The summed E-state index contributed by atoms with van der Waals surface area (Å²) in [6, 6.07) is 17.3. The lowest BCUT2D eigenvalue weighted by atomic mass is 10.0. The van der Waals surface area contributed by atoms with Gasteiger partial charge in [-0.2, -0.15) is 0 Å². The number of aromatic amines is 1. The number of benzene rings is 2.